The Morgan fingerprint density at radius 1 is 1.34 bits per heavy atom. The maximum absolute atomic E-state index is 12.5. The Morgan fingerprint density at radius 2 is 2.21 bits per heavy atom. The van der Waals surface area contributed by atoms with Crippen molar-refractivity contribution < 1.29 is 18.8 Å². The first-order chi connectivity index (χ1) is 14.0. The molecule has 2 aromatic heterocycles. The van der Waals surface area contributed by atoms with Crippen LogP contribution in [0.15, 0.2) is 34.2 Å². The molecular formula is C21H21N3O4S. The number of benzene rings is 1. The molecular weight excluding hydrogens is 390 g/mol. The van der Waals surface area contributed by atoms with E-state index in [1.165, 1.54) is 11.3 Å². The number of hydrogen-bond acceptors (Lipinski definition) is 7. The van der Waals surface area contributed by atoms with Gasteiger partial charge in [-0.25, -0.2) is 0 Å². The molecule has 3 heterocycles. The van der Waals surface area contributed by atoms with E-state index < -0.39 is 0 Å². The van der Waals surface area contributed by atoms with Crippen molar-refractivity contribution in [2.24, 2.45) is 0 Å². The lowest BCUT2D eigenvalue weighted by molar-refractivity contribution is -0.118. The van der Waals surface area contributed by atoms with Crippen LogP contribution in [-0.4, -0.2) is 28.3 Å². The zero-order valence-electron chi connectivity index (χ0n) is 16.2. The van der Waals surface area contributed by atoms with Crippen LogP contribution < -0.4 is 14.8 Å². The van der Waals surface area contributed by atoms with E-state index in [0.29, 0.717) is 23.2 Å². The zero-order valence-corrected chi connectivity index (χ0v) is 17.0. The van der Waals surface area contributed by atoms with Gasteiger partial charge >= 0.3 is 0 Å². The first-order valence-corrected chi connectivity index (χ1v) is 10.5. The molecule has 1 fully saturated rings. The maximum Gasteiger partial charge on any atom is 0.270 e. The van der Waals surface area contributed by atoms with E-state index in [-0.39, 0.29) is 18.1 Å². The summed E-state index contributed by atoms with van der Waals surface area (Å²) in [5, 5.41) is 8.80. The average molecular weight is 411 g/mol. The highest BCUT2D eigenvalue weighted by Gasteiger charge is 2.32. The van der Waals surface area contributed by atoms with Gasteiger partial charge in [0.2, 0.25) is 0 Å². The number of aromatic nitrogens is 2. The minimum atomic E-state index is -0.265. The number of rotatable bonds is 6. The Labute approximate surface area is 172 Å². The van der Waals surface area contributed by atoms with Gasteiger partial charge in [-0.3, -0.25) is 4.79 Å². The van der Waals surface area contributed by atoms with Crippen LogP contribution in [0.1, 0.15) is 44.0 Å². The number of hydrogen-bond donors (Lipinski definition) is 1. The van der Waals surface area contributed by atoms with Gasteiger partial charge in [0.1, 0.15) is 10.5 Å². The highest BCUT2D eigenvalue weighted by molar-refractivity contribution is 7.14. The zero-order chi connectivity index (χ0) is 20.0. The molecule has 1 amide bonds. The van der Waals surface area contributed by atoms with Gasteiger partial charge in [-0.1, -0.05) is 17.3 Å². The normalized spacial score (nSPS) is 16.9. The van der Waals surface area contributed by atoms with Crippen LogP contribution in [0.5, 0.6) is 11.5 Å². The van der Waals surface area contributed by atoms with E-state index >= 15 is 0 Å². The van der Waals surface area contributed by atoms with E-state index in [9.17, 15) is 4.79 Å². The van der Waals surface area contributed by atoms with E-state index in [2.05, 4.69) is 15.5 Å². The molecule has 2 aliphatic rings. The molecule has 0 radical (unpaired) electrons. The monoisotopic (exact) mass is 411 g/mol. The minimum Gasteiger partial charge on any atom is -0.483 e. The number of ether oxygens (including phenoxy) is 2. The molecule has 0 spiro atoms. The number of nitrogens with zero attached hydrogens (tertiary/aromatic N) is 2. The predicted octanol–water partition coefficient (Wildman–Crippen LogP) is 4.41. The molecule has 8 heteroatoms. The molecule has 7 nitrogen and oxygen atoms in total. The van der Waals surface area contributed by atoms with Crippen LogP contribution in [-0.2, 0) is 11.2 Å². The lowest BCUT2D eigenvalue weighted by Gasteiger charge is -2.18. The number of nitrogens with one attached hydrogen (secondary N) is 1. The number of thiophene rings is 1. The number of carbonyl (C=O) groups is 1. The van der Waals surface area contributed by atoms with Crippen molar-refractivity contribution in [1.82, 2.24) is 10.1 Å². The Hall–Kier alpha value is -2.87. The number of carbonyl (C=O) groups excluding carboxylic acids is 1. The second-order valence-corrected chi connectivity index (χ2v) is 8.93. The van der Waals surface area contributed by atoms with Gasteiger partial charge in [0.05, 0.1) is 5.69 Å². The Balaban J connectivity index is 1.25. The quantitative estimate of drug-likeness (QED) is 0.647. The van der Waals surface area contributed by atoms with Gasteiger partial charge in [-0.2, -0.15) is 4.98 Å². The largest absolute Gasteiger partial charge is 0.483 e. The van der Waals surface area contributed by atoms with Crippen molar-refractivity contribution in [3.05, 3.63) is 41.0 Å². The number of amides is 1. The molecule has 3 aromatic rings. The number of para-hydroxylation sites is 1. The molecule has 1 aliphatic heterocycles. The Bertz CT molecular complexity index is 1070. The van der Waals surface area contributed by atoms with Crippen LogP contribution in [0, 0.1) is 0 Å². The molecule has 0 saturated heterocycles. The minimum absolute atomic E-state index is 0.118. The fraction of sp³-hybridized carbons (Fsp3) is 0.381. The van der Waals surface area contributed by atoms with Crippen LogP contribution in [0.25, 0.3) is 10.8 Å². The average Bonchev–Trinajstić information content (AvgIpc) is 3.09. The van der Waals surface area contributed by atoms with Crippen molar-refractivity contribution in [3.8, 4) is 22.3 Å². The van der Waals surface area contributed by atoms with Gasteiger partial charge in [0, 0.05) is 17.9 Å². The standard InChI is InChI=1S/C21H21N3O4S/c1-21(2)10-13-4-3-5-15(17(13)27-21)26-11-16(25)22-14-8-9-29-18(14)20-23-19(24-28-20)12-6-7-12/h3-5,8-9,12H,6-7,10-11H2,1-2H3,(H,22,25). The smallest absolute Gasteiger partial charge is 0.270 e. The maximum atomic E-state index is 12.5. The summed E-state index contributed by atoms with van der Waals surface area (Å²) in [4.78, 5) is 17.7. The lowest BCUT2D eigenvalue weighted by atomic mass is 10.0. The van der Waals surface area contributed by atoms with Crippen LogP contribution in [0.4, 0.5) is 5.69 Å². The first kappa shape index (κ1) is 18.2. The van der Waals surface area contributed by atoms with E-state index in [0.717, 1.165) is 41.3 Å². The molecule has 0 unspecified atom stereocenters. The third kappa shape index (κ3) is 3.72. The van der Waals surface area contributed by atoms with Crippen molar-refractivity contribution >= 4 is 22.9 Å². The second kappa shape index (κ2) is 6.88. The molecule has 1 saturated carbocycles. The highest BCUT2D eigenvalue weighted by Crippen LogP contribution is 2.42. The molecule has 0 atom stereocenters. The lowest BCUT2D eigenvalue weighted by Crippen LogP contribution is -2.25. The second-order valence-electron chi connectivity index (χ2n) is 8.02. The summed E-state index contributed by atoms with van der Waals surface area (Å²) in [6.45, 7) is 3.95. The van der Waals surface area contributed by atoms with E-state index in [4.69, 9.17) is 14.0 Å². The molecule has 1 aromatic carbocycles. The third-order valence-corrected chi connectivity index (χ3v) is 5.83. The topological polar surface area (TPSA) is 86.5 Å². The molecule has 150 valence electrons. The molecule has 29 heavy (non-hydrogen) atoms. The van der Waals surface area contributed by atoms with Gasteiger partial charge in [0.25, 0.3) is 11.8 Å². The summed E-state index contributed by atoms with van der Waals surface area (Å²) < 4.78 is 17.1. The predicted molar refractivity (Wildman–Crippen MR) is 109 cm³/mol. The van der Waals surface area contributed by atoms with E-state index in [1.54, 1.807) is 0 Å². The van der Waals surface area contributed by atoms with E-state index in [1.807, 2.05) is 43.5 Å². The van der Waals surface area contributed by atoms with Gasteiger partial charge < -0.3 is 19.3 Å². The van der Waals surface area contributed by atoms with Crippen LogP contribution in [0.2, 0.25) is 0 Å². The summed E-state index contributed by atoms with van der Waals surface area (Å²) in [7, 11) is 0. The summed E-state index contributed by atoms with van der Waals surface area (Å²) >= 11 is 1.45. The molecule has 1 aliphatic carbocycles. The van der Waals surface area contributed by atoms with Crippen molar-refractivity contribution in [2.45, 2.75) is 44.6 Å². The highest BCUT2D eigenvalue weighted by atomic mass is 32.1. The Kier molecular flexibility index (Phi) is 4.31. The molecule has 5 rings (SSSR count). The van der Waals surface area contributed by atoms with Crippen molar-refractivity contribution in [2.75, 3.05) is 11.9 Å². The first-order valence-electron chi connectivity index (χ1n) is 9.63. The van der Waals surface area contributed by atoms with Gasteiger partial charge in [-0.15, -0.1) is 11.3 Å². The van der Waals surface area contributed by atoms with Gasteiger partial charge in [-0.05, 0) is 44.2 Å². The fourth-order valence-corrected chi connectivity index (χ4v) is 4.21. The van der Waals surface area contributed by atoms with Gasteiger partial charge in [0.15, 0.2) is 23.9 Å². The molecule has 1 N–H and O–H groups in total. The van der Waals surface area contributed by atoms with Crippen LogP contribution >= 0.6 is 11.3 Å². The number of anilines is 1. The molecule has 0 bridgehead atoms. The summed E-state index contributed by atoms with van der Waals surface area (Å²) in [5.41, 5.74) is 1.47. The number of fused-ring (bicyclic) bond motifs is 1. The summed E-state index contributed by atoms with van der Waals surface area (Å²) in [6, 6.07) is 7.59. The summed E-state index contributed by atoms with van der Waals surface area (Å²) in [6.07, 6.45) is 3.03. The SMILES string of the molecule is CC1(C)Cc2cccc(OCC(=O)Nc3ccsc3-c3nc(C4CC4)no3)c2O1. The Morgan fingerprint density at radius 3 is 3.03 bits per heavy atom. The summed E-state index contributed by atoms with van der Waals surface area (Å²) in [5.74, 6) is 2.64. The third-order valence-electron chi connectivity index (χ3n) is 4.93. The van der Waals surface area contributed by atoms with Crippen molar-refractivity contribution in [1.29, 1.82) is 0 Å². The van der Waals surface area contributed by atoms with Crippen molar-refractivity contribution in [3.63, 3.8) is 0 Å². The fourth-order valence-electron chi connectivity index (χ4n) is 3.44. The van der Waals surface area contributed by atoms with Crippen LogP contribution in [0.3, 0.4) is 0 Å².